The van der Waals surface area contributed by atoms with Crippen LogP contribution in [-0.2, 0) is 6.61 Å². The lowest BCUT2D eigenvalue weighted by Gasteiger charge is -2.13. The Morgan fingerprint density at radius 2 is 2.17 bits per heavy atom. The number of aryl methyl sites for hydroxylation is 1. The van der Waals surface area contributed by atoms with Crippen LogP contribution in [0.4, 0.5) is 15.9 Å². The van der Waals surface area contributed by atoms with Crippen molar-refractivity contribution in [3.8, 4) is 5.75 Å². The summed E-state index contributed by atoms with van der Waals surface area (Å²) in [5.74, 6) is 0.312. The molecule has 124 valence electrons. The van der Waals surface area contributed by atoms with E-state index >= 15 is 0 Å². The van der Waals surface area contributed by atoms with Gasteiger partial charge in [-0.3, -0.25) is 9.20 Å². The van der Waals surface area contributed by atoms with Crippen molar-refractivity contribution in [2.45, 2.75) is 13.5 Å². The van der Waals surface area contributed by atoms with E-state index in [1.807, 2.05) is 0 Å². The van der Waals surface area contributed by atoms with E-state index in [1.165, 1.54) is 23.6 Å². The fourth-order valence-corrected chi connectivity index (χ4v) is 2.44. The number of nitrogens with zero attached hydrogens (tertiary/aromatic N) is 2. The molecule has 0 bridgehead atoms. The number of rotatable bonds is 4. The van der Waals surface area contributed by atoms with Crippen LogP contribution >= 0.6 is 0 Å². The lowest BCUT2D eigenvalue weighted by molar-refractivity contribution is 0.280. The number of ether oxygens (including phenoxy) is 1. The molecular formula is C17H16FN3O3. The summed E-state index contributed by atoms with van der Waals surface area (Å²) >= 11 is 0. The van der Waals surface area contributed by atoms with Crippen molar-refractivity contribution in [3.05, 3.63) is 63.8 Å². The molecule has 2 N–H and O–H groups in total. The van der Waals surface area contributed by atoms with Gasteiger partial charge in [-0.1, -0.05) is 0 Å². The highest BCUT2D eigenvalue weighted by Crippen LogP contribution is 2.23. The molecule has 0 unspecified atom stereocenters. The van der Waals surface area contributed by atoms with Gasteiger partial charge in [-0.15, -0.1) is 0 Å². The van der Waals surface area contributed by atoms with Crippen molar-refractivity contribution in [1.29, 1.82) is 0 Å². The molecule has 0 fully saturated rings. The van der Waals surface area contributed by atoms with E-state index in [0.717, 1.165) is 0 Å². The van der Waals surface area contributed by atoms with E-state index in [2.05, 4.69) is 10.3 Å². The summed E-state index contributed by atoms with van der Waals surface area (Å²) in [6.07, 6.45) is 1.55. The molecule has 0 aliphatic carbocycles. The number of pyridine rings is 1. The quantitative estimate of drug-likeness (QED) is 0.769. The zero-order chi connectivity index (χ0) is 17.3. The van der Waals surface area contributed by atoms with Crippen LogP contribution in [0.1, 0.15) is 11.1 Å². The molecule has 0 radical (unpaired) electrons. The van der Waals surface area contributed by atoms with E-state index in [1.54, 1.807) is 31.3 Å². The largest absolute Gasteiger partial charge is 0.493 e. The number of halogens is 1. The molecule has 0 amide bonds. The van der Waals surface area contributed by atoms with Crippen molar-refractivity contribution < 1.29 is 14.2 Å². The monoisotopic (exact) mass is 329 g/mol. The highest BCUT2D eigenvalue weighted by atomic mass is 19.1. The van der Waals surface area contributed by atoms with Crippen molar-refractivity contribution in [2.75, 3.05) is 12.4 Å². The second kappa shape index (κ2) is 6.29. The summed E-state index contributed by atoms with van der Waals surface area (Å²) in [6, 6.07) is 7.81. The minimum Gasteiger partial charge on any atom is -0.493 e. The lowest BCUT2D eigenvalue weighted by atomic mass is 10.2. The van der Waals surface area contributed by atoms with Crippen LogP contribution in [0.25, 0.3) is 5.65 Å². The number of aromatic nitrogens is 2. The second-order valence-electron chi connectivity index (χ2n) is 5.26. The lowest BCUT2D eigenvalue weighted by Crippen LogP contribution is -2.22. The average Bonchev–Trinajstić information content (AvgIpc) is 2.58. The number of fused-ring (bicyclic) bond motifs is 1. The molecule has 0 atom stereocenters. The first kappa shape index (κ1) is 15.9. The summed E-state index contributed by atoms with van der Waals surface area (Å²) in [4.78, 5) is 17.0. The predicted octanol–water partition coefficient (Wildman–Crippen LogP) is 2.39. The van der Waals surface area contributed by atoms with E-state index in [0.29, 0.717) is 22.6 Å². The van der Waals surface area contributed by atoms with Crippen LogP contribution in [0, 0.1) is 12.7 Å². The molecule has 0 aliphatic rings. The molecule has 0 aliphatic heterocycles. The second-order valence-corrected chi connectivity index (χ2v) is 5.26. The summed E-state index contributed by atoms with van der Waals surface area (Å²) in [5.41, 5.74) is 1.06. The molecule has 3 aromatic rings. The first-order valence-electron chi connectivity index (χ1n) is 7.27. The Balaban J connectivity index is 2.19. The number of aliphatic hydroxyl groups excluding tert-OH is 1. The van der Waals surface area contributed by atoms with E-state index in [-0.39, 0.29) is 17.2 Å². The third-order valence-corrected chi connectivity index (χ3v) is 3.71. The van der Waals surface area contributed by atoms with Crippen LogP contribution in [0.15, 0.2) is 41.3 Å². The zero-order valence-corrected chi connectivity index (χ0v) is 13.2. The minimum atomic E-state index is -0.478. The SMILES string of the molecule is COc1cccn2c(=O)c(CO)c(Nc3ccc(F)c(C)c3)nc12. The standard InChI is InChI=1S/C17H16FN3O3/c1-10-8-11(5-6-13(10)18)19-15-12(9-22)17(23)21-7-3-4-14(24-2)16(21)20-15/h3-8,19,22H,9H2,1-2H3. The molecular weight excluding hydrogens is 313 g/mol. The van der Waals surface area contributed by atoms with Gasteiger partial charge in [0.2, 0.25) is 0 Å². The summed E-state index contributed by atoms with van der Waals surface area (Å²) in [6.45, 7) is 1.16. The minimum absolute atomic E-state index is 0.114. The molecule has 1 aromatic carbocycles. The Bertz CT molecular complexity index is 969. The zero-order valence-electron chi connectivity index (χ0n) is 13.2. The first-order valence-corrected chi connectivity index (χ1v) is 7.27. The molecule has 24 heavy (non-hydrogen) atoms. The van der Waals surface area contributed by atoms with Crippen LogP contribution in [0.2, 0.25) is 0 Å². The number of hydrogen-bond donors (Lipinski definition) is 2. The van der Waals surface area contributed by atoms with Crippen LogP contribution in [-0.4, -0.2) is 21.6 Å². The molecule has 0 saturated carbocycles. The van der Waals surface area contributed by atoms with Gasteiger partial charge in [0.25, 0.3) is 5.56 Å². The van der Waals surface area contributed by atoms with Crippen LogP contribution in [0.5, 0.6) is 5.75 Å². The van der Waals surface area contributed by atoms with Gasteiger partial charge >= 0.3 is 0 Å². The maximum Gasteiger partial charge on any atom is 0.265 e. The fourth-order valence-electron chi connectivity index (χ4n) is 2.44. The highest BCUT2D eigenvalue weighted by molar-refractivity contribution is 5.65. The third-order valence-electron chi connectivity index (χ3n) is 3.71. The van der Waals surface area contributed by atoms with Crippen LogP contribution < -0.4 is 15.6 Å². The van der Waals surface area contributed by atoms with Gasteiger partial charge in [-0.2, -0.15) is 0 Å². The Morgan fingerprint density at radius 1 is 1.38 bits per heavy atom. The van der Waals surface area contributed by atoms with Crippen molar-refractivity contribution in [1.82, 2.24) is 9.38 Å². The number of anilines is 2. The molecule has 2 aromatic heterocycles. The molecule has 0 spiro atoms. The maximum atomic E-state index is 13.4. The number of methoxy groups -OCH3 is 1. The van der Waals surface area contributed by atoms with Crippen molar-refractivity contribution in [2.24, 2.45) is 0 Å². The van der Waals surface area contributed by atoms with Gasteiger partial charge in [0.15, 0.2) is 11.4 Å². The van der Waals surface area contributed by atoms with Gasteiger partial charge in [0, 0.05) is 11.9 Å². The van der Waals surface area contributed by atoms with Gasteiger partial charge in [-0.05, 0) is 42.8 Å². The summed E-state index contributed by atoms with van der Waals surface area (Å²) < 4.78 is 19.9. The molecule has 0 saturated heterocycles. The third kappa shape index (κ3) is 2.69. The van der Waals surface area contributed by atoms with Gasteiger partial charge < -0.3 is 15.2 Å². The topological polar surface area (TPSA) is 75.9 Å². The fraction of sp³-hybridized carbons (Fsp3) is 0.176. The maximum absolute atomic E-state index is 13.4. The van der Waals surface area contributed by atoms with Crippen molar-refractivity contribution in [3.63, 3.8) is 0 Å². The smallest absolute Gasteiger partial charge is 0.265 e. The Labute approximate surface area is 137 Å². The Morgan fingerprint density at radius 3 is 2.83 bits per heavy atom. The molecule has 7 heteroatoms. The molecule has 3 rings (SSSR count). The van der Waals surface area contributed by atoms with E-state index in [4.69, 9.17) is 4.74 Å². The number of nitrogens with one attached hydrogen (secondary N) is 1. The van der Waals surface area contributed by atoms with E-state index < -0.39 is 12.2 Å². The number of hydrogen-bond acceptors (Lipinski definition) is 5. The summed E-state index contributed by atoms with van der Waals surface area (Å²) in [7, 11) is 1.48. The van der Waals surface area contributed by atoms with Gasteiger partial charge in [0.05, 0.1) is 19.3 Å². The summed E-state index contributed by atoms with van der Waals surface area (Å²) in [5, 5.41) is 12.5. The van der Waals surface area contributed by atoms with Gasteiger partial charge in [-0.25, -0.2) is 9.37 Å². The highest BCUT2D eigenvalue weighted by Gasteiger charge is 2.15. The molecule has 6 nitrogen and oxygen atoms in total. The molecule has 2 heterocycles. The van der Waals surface area contributed by atoms with E-state index in [9.17, 15) is 14.3 Å². The Kier molecular flexibility index (Phi) is 4.18. The van der Waals surface area contributed by atoms with Crippen LogP contribution in [0.3, 0.4) is 0 Å². The van der Waals surface area contributed by atoms with Crippen molar-refractivity contribution >= 4 is 17.2 Å². The average molecular weight is 329 g/mol. The number of benzene rings is 1. The predicted molar refractivity (Wildman–Crippen MR) is 88.4 cm³/mol. The Hall–Kier alpha value is -2.93. The first-order chi connectivity index (χ1) is 11.5. The normalized spacial score (nSPS) is 10.8. The number of aliphatic hydroxyl groups is 1. The van der Waals surface area contributed by atoms with Gasteiger partial charge in [0.1, 0.15) is 11.6 Å².